The van der Waals surface area contributed by atoms with Crippen molar-refractivity contribution in [2.24, 2.45) is 0 Å². The van der Waals surface area contributed by atoms with E-state index in [1.54, 1.807) is 0 Å². The smallest absolute Gasteiger partial charge is 0.222 e. The molecule has 2 aliphatic rings. The first kappa shape index (κ1) is 19.4. The van der Waals surface area contributed by atoms with Gasteiger partial charge >= 0.3 is 0 Å². The highest BCUT2D eigenvalue weighted by molar-refractivity contribution is 5.76. The summed E-state index contributed by atoms with van der Waals surface area (Å²) in [5, 5.41) is 10.2. The van der Waals surface area contributed by atoms with Gasteiger partial charge in [-0.3, -0.25) is 4.79 Å². The van der Waals surface area contributed by atoms with Gasteiger partial charge in [0.25, 0.3) is 0 Å². The highest BCUT2D eigenvalue weighted by atomic mass is 16.5. The summed E-state index contributed by atoms with van der Waals surface area (Å²) in [6.07, 6.45) is 7.74. The van der Waals surface area contributed by atoms with Gasteiger partial charge in [0.2, 0.25) is 5.91 Å². The number of hydrogen-bond acceptors (Lipinski definition) is 3. The highest BCUT2D eigenvalue weighted by Gasteiger charge is 2.43. The first-order chi connectivity index (χ1) is 12.6. The second-order valence-corrected chi connectivity index (χ2v) is 8.00. The number of aryl methyl sites for hydroxylation is 1. The number of piperidine rings is 1. The Morgan fingerprint density at radius 2 is 1.96 bits per heavy atom. The van der Waals surface area contributed by atoms with E-state index in [-0.39, 0.29) is 23.7 Å². The van der Waals surface area contributed by atoms with Crippen LogP contribution in [0.15, 0.2) is 30.3 Å². The zero-order valence-corrected chi connectivity index (χ0v) is 16.0. The lowest BCUT2D eigenvalue weighted by Gasteiger charge is -2.48. The van der Waals surface area contributed by atoms with E-state index in [0.29, 0.717) is 6.42 Å². The SMILES string of the molecule is CC[C@H]1C[C@@H](O)CC2(CCN(C(=O)CCCCc3ccccc3)CC2)O1. The number of carbonyl (C=O) groups is 1. The fourth-order valence-corrected chi connectivity index (χ4v) is 4.41. The van der Waals surface area contributed by atoms with Crippen LogP contribution in [-0.4, -0.2) is 46.8 Å². The summed E-state index contributed by atoms with van der Waals surface area (Å²) in [4.78, 5) is 14.5. The van der Waals surface area contributed by atoms with Gasteiger partial charge in [0, 0.05) is 25.9 Å². The van der Waals surface area contributed by atoms with Crippen molar-refractivity contribution >= 4 is 5.91 Å². The van der Waals surface area contributed by atoms with E-state index in [9.17, 15) is 9.90 Å². The molecular weight excluding hydrogens is 326 g/mol. The Labute approximate surface area is 157 Å². The third-order valence-corrected chi connectivity index (χ3v) is 5.99. The van der Waals surface area contributed by atoms with Crippen LogP contribution in [0.5, 0.6) is 0 Å². The second-order valence-electron chi connectivity index (χ2n) is 8.00. The number of aliphatic hydroxyl groups is 1. The Hall–Kier alpha value is -1.39. The van der Waals surface area contributed by atoms with Crippen LogP contribution in [0.3, 0.4) is 0 Å². The molecule has 2 saturated heterocycles. The quantitative estimate of drug-likeness (QED) is 0.788. The van der Waals surface area contributed by atoms with Crippen LogP contribution < -0.4 is 0 Å². The predicted molar refractivity (Wildman–Crippen MR) is 103 cm³/mol. The molecule has 0 radical (unpaired) electrons. The summed E-state index contributed by atoms with van der Waals surface area (Å²) in [7, 11) is 0. The third-order valence-electron chi connectivity index (χ3n) is 5.99. The first-order valence-corrected chi connectivity index (χ1v) is 10.3. The molecule has 4 nitrogen and oxygen atoms in total. The Morgan fingerprint density at radius 1 is 1.23 bits per heavy atom. The zero-order valence-electron chi connectivity index (χ0n) is 16.0. The molecular formula is C22H33NO3. The van der Waals surface area contributed by atoms with Crippen molar-refractivity contribution in [1.82, 2.24) is 4.90 Å². The lowest BCUT2D eigenvalue weighted by molar-refractivity contribution is -0.183. The summed E-state index contributed by atoms with van der Waals surface area (Å²) < 4.78 is 6.31. The monoisotopic (exact) mass is 359 g/mol. The summed E-state index contributed by atoms with van der Waals surface area (Å²) >= 11 is 0. The van der Waals surface area contributed by atoms with Crippen molar-refractivity contribution in [1.29, 1.82) is 0 Å². The minimum atomic E-state index is -0.256. The Morgan fingerprint density at radius 3 is 2.65 bits per heavy atom. The lowest BCUT2D eigenvalue weighted by atomic mass is 9.81. The van der Waals surface area contributed by atoms with E-state index in [1.165, 1.54) is 5.56 Å². The Balaban J connectivity index is 1.39. The summed E-state index contributed by atoms with van der Waals surface area (Å²) in [5.41, 5.74) is 1.14. The van der Waals surface area contributed by atoms with Crippen LogP contribution in [0.25, 0.3) is 0 Å². The predicted octanol–water partition coefficient (Wildman–Crippen LogP) is 3.71. The first-order valence-electron chi connectivity index (χ1n) is 10.3. The maximum Gasteiger partial charge on any atom is 0.222 e. The second kappa shape index (κ2) is 9.01. The molecule has 2 fully saturated rings. The number of rotatable bonds is 6. The zero-order chi connectivity index (χ0) is 18.4. The third kappa shape index (κ3) is 5.08. The average molecular weight is 360 g/mol. The van der Waals surface area contributed by atoms with E-state index in [1.807, 2.05) is 11.0 Å². The molecule has 26 heavy (non-hydrogen) atoms. The molecule has 2 heterocycles. The number of benzene rings is 1. The van der Waals surface area contributed by atoms with Crippen LogP contribution in [0.1, 0.15) is 63.9 Å². The lowest BCUT2D eigenvalue weighted by Crippen LogP contribution is -2.53. The van der Waals surface area contributed by atoms with Crippen LogP contribution in [0, 0.1) is 0 Å². The average Bonchev–Trinajstić information content (AvgIpc) is 2.66. The largest absolute Gasteiger partial charge is 0.393 e. The molecule has 1 aromatic carbocycles. The fourth-order valence-electron chi connectivity index (χ4n) is 4.41. The van der Waals surface area contributed by atoms with Crippen LogP contribution in [-0.2, 0) is 16.0 Å². The number of amides is 1. The van der Waals surface area contributed by atoms with Crippen LogP contribution in [0.2, 0.25) is 0 Å². The number of hydrogen-bond donors (Lipinski definition) is 1. The van der Waals surface area contributed by atoms with E-state index >= 15 is 0 Å². The number of unbranched alkanes of at least 4 members (excludes halogenated alkanes) is 1. The van der Waals surface area contributed by atoms with Crippen molar-refractivity contribution in [3.05, 3.63) is 35.9 Å². The highest BCUT2D eigenvalue weighted by Crippen LogP contribution is 2.38. The van der Waals surface area contributed by atoms with E-state index in [2.05, 4.69) is 31.2 Å². The van der Waals surface area contributed by atoms with Crippen molar-refractivity contribution < 1.29 is 14.6 Å². The number of aliphatic hydroxyl groups excluding tert-OH is 1. The molecule has 1 aromatic rings. The molecule has 144 valence electrons. The van der Waals surface area contributed by atoms with Gasteiger partial charge in [-0.2, -0.15) is 0 Å². The van der Waals surface area contributed by atoms with Gasteiger partial charge in [-0.25, -0.2) is 0 Å². The molecule has 1 N–H and O–H groups in total. The van der Waals surface area contributed by atoms with E-state index in [0.717, 1.165) is 64.5 Å². The van der Waals surface area contributed by atoms with Gasteiger partial charge in [-0.15, -0.1) is 0 Å². The van der Waals surface area contributed by atoms with Crippen molar-refractivity contribution in [2.75, 3.05) is 13.1 Å². The normalized spacial score (nSPS) is 25.4. The van der Waals surface area contributed by atoms with Gasteiger partial charge in [0.15, 0.2) is 0 Å². The fraction of sp³-hybridized carbons (Fsp3) is 0.682. The molecule has 3 rings (SSSR count). The molecule has 2 atom stereocenters. The molecule has 1 amide bonds. The molecule has 2 aliphatic heterocycles. The summed E-state index contributed by atoms with van der Waals surface area (Å²) in [6.45, 7) is 3.64. The van der Waals surface area contributed by atoms with Crippen molar-refractivity contribution in [3.63, 3.8) is 0 Å². The molecule has 0 bridgehead atoms. The van der Waals surface area contributed by atoms with Crippen molar-refractivity contribution in [3.8, 4) is 0 Å². The Bertz CT molecular complexity index is 566. The molecule has 1 spiro atoms. The van der Waals surface area contributed by atoms with Gasteiger partial charge in [0.1, 0.15) is 0 Å². The Kier molecular flexibility index (Phi) is 6.71. The molecule has 0 unspecified atom stereocenters. The van der Waals surface area contributed by atoms with E-state index in [4.69, 9.17) is 4.74 Å². The van der Waals surface area contributed by atoms with Gasteiger partial charge < -0.3 is 14.7 Å². The van der Waals surface area contributed by atoms with Gasteiger partial charge in [0.05, 0.1) is 17.8 Å². The summed E-state index contributed by atoms with van der Waals surface area (Å²) in [5.74, 6) is 0.274. The number of carbonyl (C=O) groups excluding carboxylic acids is 1. The molecule has 0 saturated carbocycles. The van der Waals surface area contributed by atoms with Crippen LogP contribution in [0.4, 0.5) is 0 Å². The molecule has 4 heteroatoms. The minimum Gasteiger partial charge on any atom is -0.393 e. The molecule has 0 aromatic heterocycles. The van der Waals surface area contributed by atoms with Gasteiger partial charge in [-0.05, 0) is 50.5 Å². The summed E-state index contributed by atoms with van der Waals surface area (Å²) in [6, 6.07) is 10.5. The number of nitrogens with zero attached hydrogens (tertiary/aromatic N) is 1. The number of ether oxygens (including phenoxy) is 1. The standard InChI is InChI=1S/C22H33NO3/c1-2-20-16-19(24)17-22(26-20)12-14-23(15-13-22)21(25)11-7-6-10-18-8-4-3-5-9-18/h3-5,8-9,19-20,24H,2,6-7,10-17H2,1H3/t19-,20+/m1/s1. The van der Waals surface area contributed by atoms with Crippen molar-refractivity contribution in [2.45, 2.75) is 82.5 Å². The molecule has 0 aliphatic carbocycles. The minimum absolute atomic E-state index is 0.166. The maximum atomic E-state index is 12.5. The van der Waals surface area contributed by atoms with Crippen LogP contribution >= 0.6 is 0 Å². The topological polar surface area (TPSA) is 49.8 Å². The maximum absolute atomic E-state index is 12.5. The van der Waals surface area contributed by atoms with E-state index < -0.39 is 0 Å². The number of likely N-dealkylation sites (tertiary alicyclic amines) is 1. The van der Waals surface area contributed by atoms with Gasteiger partial charge in [-0.1, -0.05) is 37.3 Å².